The van der Waals surface area contributed by atoms with E-state index in [0.717, 1.165) is 12.2 Å². The fourth-order valence-corrected chi connectivity index (χ4v) is 3.70. The Morgan fingerprint density at radius 2 is 1.67 bits per heavy atom. The van der Waals surface area contributed by atoms with Gasteiger partial charge < -0.3 is 15.2 Å². The van der Waals surface area contributed by atoms with Gasteiger partial charge in [0.2, 0.25) is 5.91 Å². The molecule has 1 amide bonds. The van der Waals surface area contributed by atoms with Gasteiger partial charge in [-0.2, -0.15) is 0 Å². The van der Waals surface area contributed by atoms with Crippen molar-refractivity contribution in [3.63, 3.8) is 0 Å². The van der Waals surface area contributed by atoms with E-state index in [1.807, 2.05) is 32.9 Å². The Balaban J connectivity index is 1.69. The van der Waals surface area contributed by atoms with Crippen LogP contribution in [0, 0.1) is 23.7 Å². The first-order chi connectivity index (χ1) is 11.2. The summed E-state index contributed by atoms with van der Waals surface area (Å²) in [5.41, 5.74) is 0.367. The Kier molecular flexibility index (Phi) is 4.11. The van der Waals surface area contributed by atoms with Crippen LogP contribution in [-0.2, 0) is 9.59 Å². The zero-order valence-corrected chi connectivity index (χ0v) is 14.2. The Morgan fingerprint density at radius 1 is 1.08 bits per heavy atom. The molecule has 1 aromatic rings. The molecule has 1 aromatic carbocycles. The van der Waals surface area contributed by atoms with E-state index in [4.69, 9.17) is 4.74 Å². The summed E-state index contributed by atoms with van der Waals surface area (Å²) < 4.78 is 5.75. The number of allylic oxidation sites excluding steroid dienone is 2. The normalized spacial score (nSPS) is 28.0. The van der Waals surface area contributed by atoms with Gasteiger partial charge >= 0.3 is 5.97 Å². The number of rotatable bonds is 4. The number of carboxylic acid groups (broad SMARTS) is 1. The van der Waals surface area contributed by atoms with Crippen molar-refractivity contribution in [2.45, 2.75) is 32.8 Å². The third-order valence-corrected chi connectivity index (χ3v) is 4.59. The quantitative estimate of drug-likeness (QED) is 0.831. The van der Waals surface area contributed by atoms with Crippen LogP contribution < -0.4 is 10.1 Å². The fraction of sp³-hybridized carbons (Fsp3) is 0.474. The highest BCUT2D eigenvalue weighted by molar-refractivity contribution is 5.96. The highest BCUT2D eigenvalue weighted by Crippen LogP contribution is 2.48. The summed E-state index contributed by atoms with van der Waals surface area (Å²) in [4.78, 5) is 24.1. The summed E-state index contributed by atoms with van der Waals surface area (Å²) in [7, 11) is 0. The molecular formula is C19H23NO4. The third kappa shape index (κ3) is 3.30. The number of aliphatic carboxylic acids is 1. The van der Waals surface area contributed by atoms with Crippen LogP contribution in [0.5, 0.6) is 5.75 Å². The summed E-state index contributed by atoms with van der Waals surface area (Å²) in [6.45, 7) is 5.91. The van der Waals surface area contributed by atoms with Crippen molar-refractivity contribution < 1.29 is 19.4 Å². The molecule has 5 nitrogen and oxygen atoms in total. The minimum Gasteiger partial charge on any atom is -0.488 e. The maximum Gasteiger partial charge on any atom is 0.307 e. The molecule has 128 valence electrons. The van der Waals surface area contributed by atoms with Crippen molar-refractivity contribution in [3.05, 3.63) is 36.4 Å². The number of ether oxygens (including phenoxy) is 1. The van der Waals surface area contributed by atoms with Gasteiger partial charge in [-0.05, 0) is 63.3 Å². The van der Waals surface area contributed by atoms with E-state index in [1.54, 1.807) is 24.3 Å². The number of hydrogen-bond donors (Lipinski definition) is 2. The van der Waals surface area contributed by atoms with E-state index in [0.29, 0.717) is 5.69 Å². The molecule has 2 bridgehead atoms. The Bertz CT molecular complexity index is 672. The Hall–Kier alpha value is -2.30. The molecule has 0 aromatic heterocycles. The standard InChI is InChI=1S/C19H23NO4/c1-19(2,3)24-14-8-6-13(7-9-14)20-17(21)15-11-4-5-12(10-11)16(15)18(22)23/h4-9,11-12,15-16H,10H2,1-3H3,(H,20,21)(H,22,23). The van der Waals surface area contributed by atoms with Gasteiger partial charge in [0, 0.05) is 5.69 Å². The van der Waals surface area contributed by atoms with E-state index in [2.05, 4.69) is 5.32 Å². The molecule has 24 heavy (non-hydrogen) atoms. The van der Waals surface area contributed by atoms with Crippen LogP contribution in [-0.4, -0.2) is 22.6 Å². The van der Waals surface area contributed by atoms with Crippen molar-refractivity contribution >= 4 is 17.6 Å². The van der Waals surface area contributed by atoms with E-state index < -0.39 is 17.8 Å². The van der Waals surface area contributed by atoms with Crippen molar-refractivity contribution in [2.75, 3.05) is 5.32 Å². The average Bonchev–Trinajstić information content (AvgIpc) is 3.08. The highest BCUT2D eigenvalue weighted by atomic mass is 16.5. The number of benzene rings is 1. The smallest absolute Gasteiger partial charge is 0.307 e. The second-order valence-corrected chi connectivity index (χ2v) is 7.57. The molecule has 4 unspecified atom stereocenters. The minimum absolute atomic E-state index is 0.0224. The van der Waals surface area contributed by atoms with Gasteiger partial charge in [0.05, 0.1) is 11.8 Å². The molecular weight excluding hydrogens is 306 g/mol. The lowest BCUT2D eigenvalue weighted by Gasteiger charge is -2.24. The molecule has 0 heterocycles. The molecule has 2 N–H and O–H groups in total. The SMILES string of the molecule is CC(C)(C)Oc1ccc(NC(=O)C2C3C=CC(C3)C2C(=O)O)cc1. The maximum atomic E-state index is 12.6. The topological polar surface area (TPSA) is 75.6 Å². The molecule has 3 rings (SSSR count). The minimum atomic E-state index is -0.888. The number of carbonyl (C=O) groups is 2. The van der Waals surface area contributed by atoms with Gasteiger partial charge in [0.15, 0.2) is 0 Å². The average molecular weight is 329 g/mol. The van der Waals surface area contributed by atoms with Gasteiger partial charge in [-0.3, -0.25) is 9.59 Å². The molecule has 1 saturated carbocycles. The molecule has 2 aliphatic rings. The van der Waals surface area contributed by atoms with Crippen LogP contribution in [0.4, 0.5) is 5.69 Å². The lowest BCUT2D eigenvalue weighted by molar-refractivity contribution is -0.146. The first-order valence-electron chi connectivity index (χ1n) is 8.26. The lowest BCUT2D eigenvalue weighted by Crippen LogP contribution is -2.36. The van der Waals surface area contributed by atoms with E-state index >= 15 is 0 Å². The molecule has 1 fully saturated rings. The number of hydrogen-bond acceptors (Lipinski definition) is 3. The second kappa shape index (κ2) is 5.96. The van der Waals surface area contributed by atoms with Crippen molar-refractivity contribution in [1.29, 1.82) is 0 Å². The van der Waals surface area contributed by atoms with Gasteiger partial charge in [-0.15, -0.1) is 0 Å². The van der Waals surface area contributed by atoms with Gasteiger partial charge in [0.1, 0.15) is 11.4 Å². The van der Waals surface area contributed by atoms with Crippen molar-refractivity contribution in [1.82, 2.24) is 0 Å². The first-order valence-corrected chi connectivity index (χ1v) is 8.26. The van der Waals surface area contributed by atoms with E-state index in [1.165, 1.54) is 0 Å². The van der Waals surface area contributed by atoms with Crippen LogP contribution in [0.15, 0.2) is 36.4 Å². The monoisotopic (exact) mass is 329 g/mol. The predicted molar refractivity (Wildman–Crippen MR) is 90.8 cm³/mol. The van der Waals surface area contributed by atoms with Crippen LogP contribution in [0.2, 0.25) is 0 Å². The van der Waals surface area contributed by atoms with Crippen LogP contribution in [0.25, 0.3) is 0 Å². The Labute approximate surface area is 141 Å². The second-order valence-electron chi connectivity index (χ2n) is 7.57. The van der Waals surface area contributed by atoms with E-state index in [9.17, 15) is 14.7 Å². The first kappa shape index (κ1) is 16.6. The number of anilines is 1. The molecule has 4 atom stereocenters. The summed E-state index contributed by atoms with van der Waals surface area (Å²) >= 11 is 0. The Morgan fingerprint density at radius 3 is 2.21 bits per heavy atom. The number of carboxylic acids is 1. The van der Waals surface area contributed by atoms with Gasteiger partial charge in [0.25, 0.3) is 0 Å². The zero-order valence-electron chi connectivity index (χ0n) is 14.2. The molecule has 0 radical (unpaired) electrons. The molecule has 2 aliphatic carbocycles. The zero-order chi connectivity index (χ0) is 17.5. The predicted octanol–water partition coefficient (Wildman–Crippen LogP) is 3.33. The number of carbonyl (C=O) groups excluding carboxylic acids is 1. The number of fused-ring (bicyclic) bond motifs is 2. The molecule has 0 saturated heterocycles. The fourth-order valence-electron chi connectivity index (χ4n) is 3.70. The highest BCUT2D eigenvalue weighted by Gasteiger charge is 2.51. The lowest BCUT2D eigenvalue weighted by atomic mass is 9.82. The van der Waals surface area contributed by atoms with Crippen LogP contribution in [0.1, 0.15) is 27.2 Å². The van der Waals surface area contributed by atoms with Crippen molar-refractivity contribution in [2.24, 2.45) is 23.7 Å². The summed E-state index contributed by atoms with van der Waals surface area (Å²) in [5, 5.41) is 12.3. The van der Waals surface area contributed by atoms with Gasteiger partial charge in [-0.1, -0.05) is 12.2 Å². The van der Waals surface area contributed by atoms with Crippen LogP contribution >= 0.6 is 0 Å². The van der Waals surface area contributed by atoms with Gasteiger partial charge in [-0.25, -0.2) is 0 Å². The molecule has 0 aliphatic heterocycles. The largest absolute Gasteiger partial charge is 0.488 e. The number of nitrogens with one attached hydrogen (secondary N) is 1. The third-order valence-electron chi connectivity index (χ3n) is 4.59. The summed E-state index contributed by atoms with van der Waals surface area (Å²) in [5.74, 6) is -1.49. The molecule has 0 spiro atoms. The van der Waals surface area contributed by atoms with Crippen molar-refractivity contribution in [3.8, 4) is 5.75 Å². The summed E-state index contributed by atoms with van der Waals surface area (Å²) in [6, 6.07) is 7.15. The van der Waals surface area contributed by atoms with E-state index in [-0.39, 0.29) is 23.3 Å². The molecule has 5 heteroatoms. The maximum absolute atomic E-state index is 12.6. The summed E-state index contributed by atoms with van der Waals surface area (Å²) in [6.07, 6.45) is 4.67. The number of amides is 1. The van der Waals surface area contributed by atoms with Crippen LogP contribution in [0.3, 0.4) is 0 Å².